The molecule has 2 heterocycles. The molecule has 0 aromatic rings. The first kappa shape index (κ1) is 17.1. The monoisotopic (exact) mass is 349 g/mol. The fraction of sp³-hybridized carbons (Fsp3) is 0.895. The molecule has 25 heavy (non-hydrogen) atoms. The van der Waals surface area contributed by atoms with E-state index < -0.39 is 0 Å². The summed E-state index contributed by atoms with van der Waals surface area (Å²) in [5.74, 6) is 1.87. The van der Waals surface area contributed by atoms with Crippen molar-refractivity contribution >= 4 is 12.0 Å². The fourth-order valence-electron chi connectivity index (χ4n) is 5.77. The molecular formula is C19H31N3O3. The molecule has 140 valence electrons. The first-order valence-corrected chi connectivity index (χ1v) is 9.87. The number of fused-ring (bicyclic) bond motifs is 1. The number of carbonyl (C=O) groups is 2. The minimum absolute atomic E-state index is 0.186. The van der Waals surface area contributed by atoms with Crippen molar-refractivity contribution in [3.63, 3.8) is 0 Å². The topological polar surface area (TPSA) is 53.1 Å². The Morgan fingerprint density at radius 2 is 1.80 bits per heavy atom. The van der Waals surface area contributed by atoms with Crippen molar-refractivity contribution in [1.29, 1.82) is 0 Å². The lowest BCUT2D eigenvalue weighted by Gasteiger charge is -2.47. The molecule has 6 nitrogen and oxygen atoms in total. The number of ether oxygens (including phenoxy) is 1. The second-order valence-corrected chi connectivity index (χ2v) is 8.54. The molecule has 0 aromatic carbocycles. The number of hydrogen-bond acceptors (Lipinski definition) is 4. The summed E-state index contributed by atoms with van der Waals surface area (Å²) in [5, 5.41) is 0. The Morgan fingerprint density at radius 3 is 2.36 bits per heavy atom. The van der Waals surface area contributed by atoms with Gasteiger partial charge in [-0.15, -0.1) is 0 Å². The average Bonchev–Trinajstić information content (AvgIpc) is 2.94. The second kappa shape index (κ2) is 6.15. The molecule has 2 saturated heterocycles. The van der Waals surface area contributed by atoms with Gasteiger partial charge in [-0.25, -0.2) is 4.79 Å². The summed E-state index contributed by atoms with van der Waals surface area (Å²) in [6.45, 7) is 9.72. The highest BCUT2D eigenvalue weighted by molar-refractivity contribution is 5.82. The standard InChI is InChI=1S/C19H31N3O3/c1-4-20(5-2)17(23)16-14-9-21(10-15(14)16)13-6-7-19(8-13)11-22(12-19)18(24)25-3/h13-16H,4-12H2,1-3H3/t13?,14-,15-/m1/s1. The summed E-state index contributed by atoms with van der Waals surface area (Å²) in [7, 11) is 1.46. The van der Waals surface area contributed by atoms with Crippen LogP contribution in [0.1, 0.15) is 33.1 Å². The number of methoxy groups -OCH3 is 1. The van der Waals surface area contributed by atoms with Gasteiger partial charge in [0.15, 0.2) is 0 Å². The van der Waals surface area contributed by atoms with Gasteiger partial charge < -0.3 is 14.5 Å². The molecule has 0 radical (unpaired) electrons. The molecule has 2 amide bonds. The van der Waals surface area contributed by atoms with Crippen LogP contribution < -0.4 is 0 Å². The van der Waals surface area contributed by atoms with Crippen molar-refractivity contribution in [2.75, 3.05) is 46.4 Å². The zero-order valence-electron chi connectivity index (χ0n) is 15.7. The maximum Gasteiger partial charge on any atom is 0.409 e. The van der Waals surface area contributed by atoms with Crippen LogP contribution in [0.3, 0.4) is 0 Å². The van der Waals surface area contributed by atoms with Gasteiger partial charge in [-0.1, -0.05) is 0 Å². The Balaban J connectivity index is 1.26. The number of carbonyl (C=O) groups excluding carboxylic acids is 2. The van der Waals surface area contributed by atoms with Crippen LogP contribution in [0.4, 0.5) is 4.79 Å². The van der Waals surface area contributed by atoms with Crippen LogP contribution in [-0.4, -0.2) is 79.1 Å². The molecule has 0 aromatic heterocycles. The van der Waals surface area contributed by atoms with Gasteiger partial charge in [0.05, 0.1) is 7.11 Å². The Hall–Kier alpha value is -1.30. The van der Waals surface area contributed by atoms with Crippen molar-refractivity contribution in [2.45, 2.75) is 39.2 Å². The summed E-state index contributed by atoms with van der Waals surface area (Å²) in [6.07, 6.45) is 3.48. The molecule has 3 atom stereocenters. The van der Waals surface area contributed by atoms with Crippen LogP contribution >= 0.6 is 0 Å². The van der Waals surface area contributed by atoms with E-state index in [0.29, 0.717) is 35.1 Å². The normalized spacial score (nSPS) is 35.4. The van der Waals surface area contributed by atoms with Crippen LogP contribution in [0.15, 0.2) is 0 Å². The highest BCUT2D eigenvalue weighted by atomic mass is 16.5. The van der Waals surface area contributed by atoms with Crippen LogP contribution in [0, 0.1) is 23.2 Å². The van der Waals surface area contributed by atoms with E-state index in [0.717, 1.165) is 39.3 Å². The molecule has 4 rings (SSSR count). The Bertz CT molecular complexity index is 544. The van der Waals surface area contributed by atoms with E-state index in [-0.39, 0.29) is 6.09 Å². The lowest BCUT2D eigenvalue weighted by molar-refractivity contribution is -0.133. The quantitative estimate of drug-likeness (QED) is 0.774. The molecule has 1 unspecified atom stereocenters. The maximum absolute atomic E-state index is 12.6. The second-order valence-electron chi connectivity index (χ2n) is 8.54. The van der Waals surface area contributed by atoms with Gasteiger partial charge in [0.25, 0.3) is 0 Å². The van der Waals surface area contributed by atoms with Crippen LogP contribution in [-0.2, 0) is 9.53 Å². The number of nitrogens with zero attached hydrogens (tertiary/aromatic N) is 3. The number of hydrogen-bond donors (Lipinski definition) is 0. The maximum atomic E-state index is 12.6. The highest BCUT2D eigenvalue weighted by Crippen LogP contribution is 2.55. The van der Waals surface area contributed by atoms with Gasteiger partial charge in [0, 0.05) is 56.6 Å². The Kier molecular flexibility index (Phi) is 4.21. The molecule has 2 aliphatic heterocycles. The van der Waals surface area contributed by atoms with Crippen molar-refractivity contribution < 1.29 is 14.3 Å². The first-order valence-electron chi connectivity index (χ1n) is 9.87. The molecule has 1 spiro atoms. The third-order valence-electron chi connectivity index (χ3n) is 7.26. The van der Waals surface area contributed by atoms with E-state index in [1.54, 1.807) is 0 Å². The van der Waals surface area contributed by atoms with Gasteiger partial charge in [0.2, 0.25) is 5.91 Å². The first-order chi connectivity index (χ1) is 12.0. The third kappa shape index (κ3) is 2.73. The lowest BCUT2D eigenvalue weighted by Crippen LogP contribution is -2.57. The molecule has 2 saturated carbocycles. The molecule has 0 bridgehead atoms. The predicted molar refractivity (Wildman–Crippen MR) is 94.0 cm³/mol. The summed E-state index contributed by atoms with van der Waals surface area (Å²) < 4.78 is 4.82. The van der Waals surface area contributed by atoms with Crippen LogP contribution in [0.25, 0.3) is 0 Å². The third-order valence-corrected chi connectivity index (χ3v) is 7.26. The van der Waals surface area contributed by atoms with E-state index in [1.165, 1.54) is 26.4 Å². The SMILES string of the molecule is CCN(CC)C(=O)C1[C@@H]2CN(C3CCC4(C3)CN(C(=O)OC)C4)C[C@@H]12. The number of rotatable bonds is 4. The smallest absolute Gasteiger partial charge is 0.409 e. The van der Waals surface area contributed by atoms with Crippen LogP contribution in [0.2, 0.25) is 0 Å². The van der Waals surface area contributed by atoms with E-state index in [1.807, 2.05) is 9.80 Å². The average molecular weight is 349 g/mol. The lowest BCUT2D eigenvalue weighted by atomic mass is 9.78. The van der Waals surface area contributed by atoms with E-state index in [2.05, 4.69) is 18.7 Å². The molecule has 2 aliphatic carbocycles. The van der Waals surface area contributed by atoms with Crippen LogP contribution in [0.5, 0.6) is 0 Å². The Morgan fingerprint density at radius 1 is 1.16 bits per heavy atom. The Labute approximate surface area is 150 Å². The van der Waals surface area contributed by atoms with E-state index >= 15 is 0 Å². The minimum Gasteiger partial charge on any atom is -0.453 e. The zero-order valence-corrected chi connectivity index (χ0v) is 15.7. The number of likely N-dealkylation sites (tertiary alicyclic amines) is 2. The molecule has 6 heteroatoms. The van der Waals surface area contributed by atoms with Gasteiger partial charge in [-0.05, 0) is 44.9 Å². The van der Waals surface area contributed by atoms with E-state index in [4.69, 9.17) is 4.74 Å². The van der Waals surface area contributed by atoms with Gasteiger partial charge in [-0.2, -0.15) is 0 Å². The van der Waals surface area contributed by atoms with Crippen molar-refractivity contribution in [2.24, 2.45) is 23.2 Å². The summed E-state index contributed by atoms with van der Waals surface area (Å²) in [6, 6.07) is 0.650. The minimum atomic E-state index is -0.186. The van der Waals surface area contributed by atoms with E-state index in [9.17, 15) is 9.59 Å². The zero-order chi connectivity index (χ0) is 17.8. The molecular weight excluding hydrogens is 318 g/mol. The van der Waals surface area contributed by atoms with Crippen molar-refractivity contribution in [3.8, 4) is 0 Å². The number of piperidine rings is 1. The van der Waals surface area contributed by atoms with Crippen molar-refractivity contribution in [3.05, 3.63) is 0 Å². The fourth-order valence-corrected chi connectivity index (χ4v) is 5.77. The predicted octanol–water partition coefficient (Wildman–Crippen LogP) is 1.65. The molecule has 0 N–H and O–H groups in total. The summed E-state index contributed by atoms with van der Waals surface area (Å²) >= 11 is 0. The number of amides is 2. The van der Waals surface area contributed by atoms with Crippen molar-refractivity contribution in [1.82, 2.24) is 14.7 Å². The summed E-state index contributed by atoms with van der Waals surface area (Å²) in [5.41, 5.74) is 0.335. The molecule has 4 fully saturated rings. The largest absolute Gasteiger partial charge is 0.453 e. The van der Waals surface area contributed by atoms with Gasteiger partial charge in [-0.3, -0.25) is 9.69 Å². The highest BCUT2D eigenvalue weighted by Gasteiger charge is 2.62. The van der Waals surface area contributed by atoms with Gasteiger partial charge in [0.1, 0.15) is 0 Å². The van der Waals surface area contributed by atoms with Gasteiger partial charge >= 0.3 is 6.09 Å². The summed E-state index contributed by atoms with van der Waals surface area (Å²) in [4.78, 5) is 30.6. The molecule has 4 aliphatic rings.